The molecule has 0 amide bonds. The zero-order chi connectivity index (χ0) is 11.5. The number of rotatable bonds is 5. The monoisotopic (exact) mass is 213 g/mol. The SMILES string of the molecule is CCC1CCC(N)(CCC(C)(C)OC)C1. The standard InChI is InChI=1S/C13H27NO/c1-5-11-6-7-13(14,10-11)9-8-12(2,3)15-4/h11H,5-10,14H2,1-4H3. The molecule has 2 atom stereocenters. The molecule has 0 aliphatic heterocycles. The number of methoxy groups -OCH3 is 1. The highest BCUT2D eigenvalue weighted by Crippen LogP contribution is 2.38. The highest BCUT2D eigenvalue weighted by molar-refractivity contribution is 4.94. The minimum atomic E-state index is -0.0172. The fourth-order valence-corrected chi connectivity index (χ4v) is 2.50. The van der Waals surface area contributed by atoms with Gasteiger partial charge < -0.3 is 10.5 Å². The maximum Gasteiger partial charge on any atom is 0.0623 e. The van der Waals surface area contributed by atoms with Gasteiger partial charge in [-0.3, -0.25) is 0 Å². The van der Waals surface area contributed by atoms with Crippen molar-refractivity contribution in [2.75, 3.05) is 7.11 Å². The summed E-state index contributed by atoms with van der Waals surface area (Å²) < 4.78 is 5.44. The smallest absolute Gasteiger partial charge is 0.0623 e. The van der Waals surface area contributed by atoms with Crippen LogP contribution in [0.2, 0.25) is 0 Å². The Hall–Kier alpha value is -0.0800. The fraction of sp³-hybridized carbons (Fsp3) is 1.00. The summed E-state index contributed by atoms with van der Waals surface area (Å²) in [6.45, 7) is 6.56. The lowest BCUT2D eigenvalue weighted by atomic mass is 9.87. The van der Waals surface area contributed by atoms with Crippen LogP contribution in [0, 0.1) is 5.92 Å². The summed E-state index contributed by atoms with van der Waals surface area (Å²) in [5, 5.41) is 0. The predicted octanol–water partition coefficient (Wildman–Crippen LogP) is 3.10. The van der Waals surface area contributed by atoms with Crippen LogP contribution in [-0.2, 0) is 4.74 Å². The van der Waals surface area contributed by atoms with Crippen molar-refractivity contribution in [1.29, 1.82) is 0 Å². The Morgan fingerprint density at radius 2 is 2.13 bits per heavy atom. The molecule has 2 unspecified atom stereocenters. The van der Waals surface area contributed by atoms with E-state index in [4.69, 9.17) is 10.5 Å². The van der Waals surface area contributed by atoms with Gasteiger partial charge in [0.15, 0.2) is 0 Å². The second-order valence-electron chi connectivity index (χ2n) is 5.84. The van der Waals surface area contributed by atoms with Crippen LogP contribution in [0.15, 0.2) is 0 Å². The summed E-state index contributed by atoms with van der Waals surface area (Å²) in [6, 6.07) is 0. The van der Waals surface area contributed by atoms with E-state index in [1.165, 1.54) is 25.7 Å². The number of hydrogen-bond acceptors (Lipinski definition) is 2. The van der Waals surface area contributed by atoms with Crippen molar-refractivity contribution >= 4 is 0 Å². The van der Waals surface area contributed by atoms with Crippen LogP contribution in [0.3, 0.4) is 0 Å². The van der Waals surface area contributed by atoms with Gasteiger partial charge in [0, 0.05) is 12.6 Å². The first-order valence-electron chi connectivity index (χ1n) is 6.25. The van der Waals surface area contributed by atoms with Gasteiger partial charge >= 0.3 is 0 Å². The van der Waals surface area contributed by atoms with Crippen LogP contribution in [0.4, 0.5) is 0 Å². The summed E-state index contributed by atoms with van der Waals surface area (Å²) in [4.78, 5) is 0. The Kier molecular flexibility index (Phi) is 4.19. The molecule has 2 heteroatoms. The fourth-order valence-electron chi connectivity index (χ4n) is 2.50. The molecule has 1 saturated carbocycles. The molecular weight excluding hydrogens is 186 g/mol. The van der Waals surface area contributed by atoms with E-state index in [0.717, 1.165) is 18.8 Å². The van der Waals surface area contributed by atoms with Crippen LogP contribution in [0.5, 0.6) is 0 Å². The van der Waals surface area contributed by atoms with Gasteiger partial charge in [0.05, 0.1) is 5.60 Å². The molecule has 1 rings (SSSR count). The van der Waals surface area contributed by atoms with Crippen molar-refractivity contribution in [3.8, 4) is 0 Å². The molecule has 0 spiro atoms. The van der Waals surface area contributed by atoms with Crippen molar-refractivity contribution in [2.24, 2.45) is 11.7 Å². The Morgan fingerprint density at radius 1 is 1.47 bits per heavy atom. The Balaban J connectivity index is 2.38. The van der Waals surface area contributed by atoms with Gasteiger partial charge in [-0.25, -0.2) is 0 Å². The van der Waals surface area contributed by atoms with Crippen LogP contribution in [0.25, 0.3) is 0 Å². The highest BCUT2D eigenvalue weighted by Gasteiger charge is 2.35. The van der Waals surface area contributed by atoms with Gasteiger partial charge in [-0.1, -0.05) is 13.3 Å². The van der Waals surface area contributed by atoms with E-state index >= 15 is 0 Å². The second kappa shape index (κ2) is 4.84. The minimum Gasteiger partial charge on any atom is -0.379 e. The van der Waals surface area contributed by atoms with E-state index in [2.05, 4.69) is 20.8 Å². The zero-order valence-corrected chi connectivity index (χ0v) is 10.8. The van der Waals surface area contributed by atoms with E-state index in [9.17, 15) is 0 Å². The molecule has 0 aromatic carbocycles. The highest BCUT2D eigenvalue weighted by atomic mass is 16.5. The van der Waals surface area contributed by atoms with Crippen molar-refractivity contribution in [2.45, 2.75) is 70.4 Å². The lowest BCUT2D eigenvalue weighted by molar-refractivity contribution is 0.00889. The minimum absolute atomic E-state index is 0.0172. The third-order valence-electron chi connectivity index (χ3n) is 4.10. The topological polar surface area (TPSA) is 35.2 Å². The van der Waals surface area contributed by atoms with Gasteiger partial charge in [0.25, 0.3) is 0 Å². The Labute approximate surface area is 94.6 Å². The predicted molar refractivity (Wildman–Crippen MR) is 64.9 cm³/mol. The van der Waals surface area contributed by atoms with Crippen molar-refractivity contribution in [3.05, 3.63) is 0 Å². The van der Waals surface area contributed by atoms with E-state index in [-0.39, 0.29) is 11.1 Å². The molecule has 0 aromatic heterocycles. The summed E-state index contributed by atoms with van der Waals surface area (Å²) in [6.07, 6.45) is 7.18. The first kappa shape index (κ1) is 13.0. The summed E-state index contributed by atoms with van der Waals surface area (Å²) in [5.41, 5.74) is 6.51. The van der Waals surface area contributed by atoms with Crippen molar-refractivity contribution in [1.82, 2.24) is 0 Å². The molecule has 0 bridgehead atoms. The molecule has 2 N–H and O–H groups in total. The molecular formula is C13H27NO. The zero-order valence-electron chi connectivity index (χ0n) is 10.8. The number of nitrogens with two attached hydrogens (primary N) is 1. The average molecular weight is 213 g/mol. The third-order valence-corrected chi connectivity index (χ3v) is 4.10. The lowest BCUT2D eigenvalue weighted by Gasteiger charge is -2.30. The molecule has 0 heterocycles. The van der Waals surface area contributed by atoms with Crippen molar-refractivity contribution in [3.63, 3.8) is 0 Å². The van der Waals surface area contributed by atoms with Gasteiger partial charge in [0.2, 0.25) is 0 Å². The lowest BCUT2D eigenvalue weighted by Crippen LogP contribution is -2.39. The first-order valence-corrected chi connectivity index (χ1v) is 6.25. The van der Waals surface area contributed by atoms with Crippen LogP contribution in [0.1, 0.15) is 59.3 Å². The molecule has 1 fully saturated rings. The molecule has 0 saturated heterocycles. The van der Waals surface area contributed by atoms with Gasteiger partial charge in [-0.15, -0.1) is 0 Å². The number of ether oxygens (including phenoxy) is 1. The third kappa shape index (κ3) is 3.76. The quantitative estimate of drug-likeness (QED) is 0.761. The van der Waals surface area contributed by atoms with E-state index in [1.807, 2.05) is 0 Å². The van der Waals surface area contributed by atoms with Crippen LogP contribution in [-0.4, -0.2) is 18.2 Å². The summed E-state index contributed by atoms with van der Waals surface area (Å²) in [7, 11) is 1.78. The molecule has 1 aliphatic rings. The number of hydrogen-bond donors (Lipinski definition) is 1. The normalized spacial score (nSPS) is 32.2. The van der Waals surface area contributed by atoms with E-state index < -0.39 is 0 Å². The van der Waals surface area contributed by atoms with Gasteiger partial charge in [-0.2, -0.15) is 0 Å². The van der Waals surface area contributed by atoms with Gasteiger partial charge in [-0.05, 0) is 51.9 Å². The van der Waals surface area contributed by atoms with Crippen LogP contribution < -0.4 is 5.73 Å². The maximum atomic E-state index is 6.43. The molecule has 90 valence electrons. The van der Waals surface area contributed by atoms with Crippen molar-refractivity contribution < 1.29 is 4.74 Å². The molecule has 0 radical (unpaired) electrons. The Morgan fingerprint density at radius 3 is 2.60 bits per heavy atom. The molecule has 1 aliphatic carbocycles. The largest absolute Gasteiger partial charge is 0.379 e. The van der Waals surface area contributed by atoms with Gasteiger partial charge in [0.1, 0.15) is 0 Å². The maximum absolute atomic E-state index is 6.43. The summed E-state index contributed by atoms with van der Waals surface area (Å²) in [5.74, 6) is 0.862. The average Bonchev–Trinajstić information content (AvgIpc) is 2.59. The van der Waals surface area contributed by atoms with E-state index in [0.29, 0.717) is 0 Å². The van der Waals surface area contributed by atoms with E-state index in [1.54, 1.807) is 7.11 Å². The Bertz CT molecular complexity index is 203. The summed E-state index contributed by atoms with van der Waals surface area (Å²) >= 11 is 0. The van der Waals surface area contributed by atoms with Crippen LogP contribution >= 0.6 is 0 Å². The molecule has 2 nitrogen and oxygen atoms in total. The molecule has 15 heavy (non-hydrogen) atoms. The molecule has 0 aromatic rings. The second-order valence-corrected chi connectivity index (χ2v) is 5.84. The first-order chi connectivity index (χ1) is 6.91.